The predicted molar refractivity (Wildman–Crippen MR) is 138 cm³/mol. The zero-order chi connectivity index (χ0) is 25.1. The van der Waals surface area contributed by atoms with E-state index in [0.29, 0.717) is 18.7 Å². The van der Waals surface area contributed by atoms with Gasteiger partial charge in [-0.3, -0.25) is 14.5 Å². The standard InChI is InChI=1S/C28H38N4O3/c1-29(2)18-26(34)31-14-5-6-15-32-24(17-31)27(25(32)19-33)21-12-10-20(11-13-21)22-8-7-9-23(16-22)28(35)30(3)4/h7-13,16,24-25,27,33H,5-6,14-15,17-19H2,1-4H3/t24-,25+,27-/m0/s1. The maximum Gasteiger partial charge on any atom is 0.253 e. The Labute approximate surface area is 208 Å². The van der Waals surface area contributed by atoms with Gasteiger partial charge in [0.05, 0.1) is 13.2 Å². The highest BCUT2D eigenvalue weighted by molar-refractivity contribution is 5.95. The van der Waals surface area contributed by atoms with Crippen molar-refractivity contribution in [2.75, 3.05) is 61.0 Å². The van der Waals surface area contributed by atoms with Crippen molar-refractivity contribution >= 4 is 11.8 Å². The van der Waals surface area contributed by atoms with E-state index in [1.54, 1.807) is 19.0 Å². The SMILES string of the molecule is CN(C)CC(=O)N1CCCCN2[C@H](CO)[C@@H](c3ccc(-c4cccc(C(=O)N(C)C)c4)cc3)[C@@H]2C1. The molecule has 0 radical (unpaired) electrons. The van der Waals surface area contributed by atoms with Gasteiger partial charge in [0, 0.05) is 50.7 Å². The highest BCUT2D eigenvalue weighted by Gasteiger charge is 2.49. The Morgan fingerprint density at radius 3 is 2.34 bits per heavy atom. The summed E-state index contributed by atoms with van der Waals surface area (Å²) < 4.78 is 0. The molecule has 2 aromatic carbocycles. The molecule has 0 aliphatic carbocycles. The molecule has 188 valence electrons. The molecule has 7 heteroatoms. The molecule has 0 spiro atoms. The molecule has 1 N–H and O–H groups in total. The van der Waals surface area contributed by atoms with Gasteiger partial charge >= 0.3 is 0 Å². The number of hydrogen-bond acceptors (Lipinski definition) is 5. The predicted octanol–water partition coefficient (Wildman–Crippen LogP) is 2.37. The molecule has 2 amide bonds. The number of carbonyl (C=O) groups excluding carboxylic acids is 2. The second kappa shape index (κ2) is 10.9. The van der Waals surface area contributed by atoms with Crippen molar-refractivity contribution in [2.24, 2.45) is 0 Å². The van der Waals surface area contributed by atoms with Crippen LogP contribution in [0.2, 0.25) is 0 Å². The Balaban J connectivity index is 1.55. The third-order valence-corrected chi connectivity index (χ3v) is 7.32. The molecule has 2 heterocycles. The van der Waals surface area contributed by atoms with Crippen LogP contribution in [0.3, 0.4) is 0 Å². The zero-order valence-corrected chi connectivity index (χ0v) is 21.4. The summed E-state index contributed by atoms with van der Waals surface area (Å²) in [6.45, 7) is 3.00. The van der Waals surface area contributed by atoms with Gasteiger partial charge in [-0.1, -0.05) is 36.4 Å². The molecule has 0 saturated carbocycles. The summed E-state index contributed by atoms with van der Waals surface area (Å²) >= 11 is 0. The minimum atomic E-state index is -0.0125. The summed E-state index contributed by atoms with van der Waals surface area (Å²) in [6.07, 6.45) is 2.03. The molecule has 0 aromatic heterocycles. The van der Waals surface area contributed by atoms with Crippen LogP contribution >= 0.6 is 0 Å². The van der Waals surface area contributed by atoms with Crippen LogP contribution in [-0.4, -0.2) is 110 Å². The Morgan fingerprint density at radius 1 is 0.971 bits per heavy atom. The van der Waals surface area contributed by atoms with E-state index in [-0.39, 0.29) is 36.4 Å². The summed E-state index contributed by atoms with van der Waals surface area (Å²) in [5, 5.41) is 10.2. The molecule has 35 heavy (non-hydrogen) atoms. The summed E-state index contributed by atoms with van der Waals surface area (Å²) in [5.41, 5.74) is 3.92. The van der Waals surface area contributed by atoms with Gasteiger partial charge < -0.3 is 19.8 Å². The van der Waals surface area contributed by atoms with E-state index in [1.165, 1.54) is 5.56 Å². The first-order chi connectivity index (χ1) is 16.8. The molecule has 7 nitrogen and oxygen atoms in total. The van der Waals surface area contributed by atoms with Crippen LogP contribution in [0.25, 0.3) is 11.1 Å². The smallest absolute Gasteiger partial charge is 0.253 e. The highest BCUT2D eigenvalue weighted by Crippen LogP contribution is 2.42. The fourth-order valence-electron chi connectivity index (χ4n) is 5.53. The molecule has 2 saturated heterocycles. The Hall–Kier alpha value is -2.74. The van der Waals surface area contributed by atoms with Gasteiger partial charge in [0.1, 0.15) is 0 Å². The molecule has 3 atom stereocenters. The maximum absolute atomic E-state index is 12.9. The average molecular weight is 479 g/mol. The van der Waals surface area contributed by atoms with Crippen LogP contribution in [0.1, 0.15) is 34.7 Å². The third kappa shape index (κ3) is 5.42. The second-order valence-electron chi connectivity index (χ2n) is 10.3. The molecule has 4 rings (SSSR count). The first-order valence-electron chi connectivity index (χ1n) is 12.5. The topological polar surface area (TPSA) is 67.3 Å². The third-order valence-electron chi connectivity index (χ3n) is 7.32. The van der Waals surface area contributed by atoms with Gasteiger partial charge in [-0.05, 0) is 62.3 Å². The van der Waals surface area contributed by atoms with E-state index < -0.39 is 0 Å². The first kappa shape index (κ1) is 25.4. The van der Waals surface area contributed by atoms with Gasteiger partial charge in [-0.25, -0.2) is 0 Å². The number of rotatable bonds is 6. The van der Waals surface area contributed by atoms with Gasteiger partial charge in [0.15, 0.2) is 0 Å². The van der Waals surface area contributed by atoms with E-state index in [1.807, 2.05) is 48.2 Å². The van der Waals surface area contributed by atoms with Crippen molar-refractivity contribution in [3.8, 4) is 11.1 Å². The second-order valence-corrected chi connectivity index (χ2v) is 10.3. The molecule has 0 unspecified atom stereocenters. The van der Waals surface area contributed by atoms with E-state index in [9.17, 15) is 14.7 Å². The van der Waals surface area contributed by atoms with Crippen molar-refractivity contribution in [3.05, 3.63) is 59.7 Å². The zero-order valence-electron chi connectivity index (χ0n) is 21.4. The fraction of sp³-hybridized carbons (Fsp3) is 0.500. The summed E-state index contributed by atoms with van der Waals surface area (Å²) in [4.78, 5) is 33.1. The van der Waals surface area contributed by atoms with Crippen LogP contribution in [0.5, 0.6) is 0 Å². The van der Waals surface area contributed by atoms with Crippen LogP contribution < -0.4 is 0 Å². The number of aliphatic hydroxyl groups is 1. The lowest BCUT2D eigenvalue weighted by molar-refractivity contribution is -0.137. The van der Waals surface area contributed by atoms with Crippen LogP contribution in [0.15, 0.2) is 48.5 Å². The lowest BCUT2D eigenvalue weighted by Gasteiger charge is -2.57. The van der Waals surface area contributed by atoms with E-state index >= 15 is 0 Å². The van der Waals surface area contributed by atoms with Crippen molar-refractivity contribution in [1.82, 2.24) is 19.6 Å². The van der Waals surface area contributed by atoms with E-state index in [4.69, 9.17) is 0 Å². The lowest BCUT2D eigenvalue weighted by atomic mass is 9.74. The van der Waals surface area contributed by atoms with Gasteiger partial charge in [-0.2, -0.15) is 0 Å². The number of nitrogens with zero attached hydrogens (tertiary/aromatic N) is 4. The normalized spacial score (nSPS) is 22.7. The number of hydrogen-bond donors (Lipinski definition) is 1. The highest BCUT2D eigenvalue weighted by atomic mass is 16.3. The largest absolute Gasteiger partial charge is 0.395 e. The summed E-state index contributed by atoms with van der Waals surface area (Å²) in [5.74, 6) is 0.343. The van der Waals surface area contributed by atoms with Crippen molar-refractivity contribution in [3.63, 3.8) is 0 Å². The summed E-state index contributed by atoms with van der Waals surface area (Å²) in [7, 11) is 7.37. The molecular formula is C28H38N4O3. The van der Waals surface area contributed by atoms with Crippen LogP contribution in [0.4, 0.5) is 0 Å². The Bertz CT molecular complexity index is 1040. The van der Waals surface area contributed by atoms with Crippen LogP contribution in [-0.2, 0) is 4.79 Å². The first-order valence-corrected chi connectivity index (χ1v) is 12.5. The monoisotopic (exact) mass is 478 g/mol. The van der Waals surface area contributed by atoms with Crippen LogP contribution in [0, 0.1) is 0 Å². The van der Waals surface area contributed by atoms with Gasteiger partial charge in [-0.15, -0.1) is 0 Å². The number of amides is 2. The van der Waals surface area contributed by atoms with Crippen molar-refractivity contribution < 1.29 is 14.7 Å². The van der Waals surface area contributed by atoms with Gasteiger partial charge in [0.2, 0.25) is 5.91 Å². The average Bonchev–Trinajstić information content (AvgIpc) is 2.82. The van der Waals surface area contributed by atoms with Crippen molar-refractivity contribution in [1.29, 1.82) is 0 Å². The summed E-state index contributed by atoms with van der Waals surface area (Å²) in [6, 6.07) is 16.5. The number of benzene rings is 2. The van der Waals surface area contributed by atoms with E-state index in [2.05, 4.69) is 29.2 Å². The minimum Gasteiger partial charge on any atom is -0.395 e. The maximum atomic E-state index is 12.9. The molecule has 0 bridgehead atoms. The quantitative estimate of drug-likeness (QED) is 0.691. The molecule has 2 aliphatic rings. The number of fused-ring (bicyclic) bond motifs is 1. The molecule has 2 aromatic rings. The number of aliphatic hydroxyl groups excluding tert-OH is 1. The molecule has 2 fully saturated rings. The van der Waals surface area contributed by atoms with E-state index in [0.717, 1.165) is 37.1 Å². The van der Waals surface area contributed by atoms with Crippen molar-refractivity contribution in [2.45, 2.75) is 30.8 Å². The minimum absolute atomic E-state index is 0.0125. The van der Waals surface area contributed by atoms with Gasteiger partial charge in [0.25, 0.3) is 5.91 Å². The fourth-order valence-corrected chi connectivity index (χ4v) is 5.53. The number of likely N-dealkylation sites (N-methyl/N-ethyl adjacent to an activating group) is 1. The molecular weight excluding hydrogens is 440 g/mol. The molecule has 2 aliphatic heterocycles. The Kier molecular flexibility index (Phi) is 7.89. The number of carbonyl (C=O) groups is 2. The lowest BCUT2D eigenvalue weighted by Crippen LogP contribution is -2.68. The Morgan fingerprint density at radius 2 is 1.69 bits per heavy atom.